The maximum atomic E-state index is 9.88. The number of aliphatic hydroxyl groups is 2. The zero-order valence-electron chi connectivity index (χ0n) is 33.1. The molecule has 8 atom stereocenters. The van der Waals surface area contributed by atoms with Crippen molar-refractivity contribution in [1.29, 1.82) is 0 Å². The van der Waals surface area contributed by atoms with Crippen LogP contribution in [-0.4, -0.2) is 46.4 Å². The molecule has 5 aliphatic rings. The minimum Gasteiger partial charge on any atom is -0.651 e. The summed E-state index contributed by atoms with van der Waals surface area (Å²) in [4.78, 5) is 1.23. The molecule has 0 aromatic carbocycles. The van der Waals surface area contributed by atoms with E-state index in [9.17, 15) is 10.2 Å². The normalized spacial score (nSPS) is 34.7. The van der Waals surface area contributed by atoms with E-state index in [1.165, 1.54) is 4.91 Å². The van der Waals surface area contributed by atoms with Crippen molar-refractivity contribution in [2.24, 2.45) is 35.0 Å². The molecule has 0 saturated carbocycles. The van der Waals surface area contributed by atoms with Crippen molar-refractivity contribution in [2.45, 2.75) is 150 Å². The largest absolute Gasteiger partial charge is 0.651 e. The van der Waals surface area contributed by atoms with Gasteiger partial charge in [0.2, 0.25) is 0 Å². The Kier molecular flexibility index (Phi) is 12.0. The monoisotopic (exact) mass is 812 g/mol. The van der Waals surface area contributed by atoms with Crippen molar-refractivity contribution < 1.29 is 41.9 Å². The average molecular weight is 812 g/mol. The van der Waals surface area contributed by atoms with Gasteiger partial charge in [-0.1, -0.05) is 73.8 Å². The predicted octanol–water partition coefficient (Wildman–Crippen LogP) is 9.46. The number of thioether (sulfide) groups is 1. The maximum absolute atomic E-state index is 9.88. The van der Waals surface area contributed by atoms with E-state index in [2.05, 4.69) is 45.5 Å². The zero-order valence-corrected chi connectivity index (χ0v) is 31.3. The van der Waals surface area contributed by atoms with Crippen LogP contribution >= 0.6 is 11.8 Å². The van der Waals surface area contributed by atoms with Gasteiger partial charge in [0.15, 0.2) is 0 Å². The molecule has 0 amide bonds. The summed E-state index contributed by atoms with van der Waals surface area (Å²) in [5.74, 6) is 3.14. The number of nitrogens with zero attached hydrogens (tertiary/aromatic N) is 1. The fourth-order valence-electron chi connectivity index (χ4n) is 7.52. The Hall–Kier alpha value is -0.431. The molecule has 3 saturated heterocycles. The van der Waals surface area contributed by atoms with E-state index in [-0.39, 0.29) is 56.2 Å². The minimum absolute atomic E-state index is 0. The number of aliphatic hydroxyl groups excluding tert-OH is 2. The smallest absolute Gasteiger partial charge is 0.131 e. The first-order chi connectivity index (χ1) is 22.5. The Labute approximate surface area is 294 Å². The summed E-state index contributed by atoms with van der Waals surface area (Å²) in [6.07, 6.45) is 12.3. The molecular formula is C37H62IrN2O3S-2. The number of rotatable bonds is 9. The van der Waals surface area contributed by atoms with E-state index in [0.717, 1.165) is 68.5 Å². The van der Waals surface area contributed by atoms with E-state index in [1.807, 2.05) is 20.8 Å². The molecular weight excluding hydrogens is 745 g/mol. The third kappa shape index (κ3) is 9.34. The molecule has 0 aromatic rings. The Balaban J connectivity index is 0.000000347. The first-order valence-electron chi connectivity index (χ1n) is 19.6. The van der Waals surface area contributed by atoms with E-state index in [4.69, 9.17) is 16.9 Å². The van der Waals surface area contributed by atoms with Gasteiger partial charge in [-0.3, -0.25) is 5.32 Å². The van der Waals surface area contributed by atoms with E-state index >= 15 is 0 Å². The van der Waals surface area contributed by atoms with Crippen LogP contribution in [0.3, 0.4) is 0 Å². The number of piperidine rings is 1. The quantitative estimate of drug-likeness (QED) is 0.160. The zero-order chi connectivity index (χ0) is 35.6. The Morgan fingerprint density at radius 2 is 1.93 bits per heavy atom. The van der Waals surface area contributed by atoms with Crippen molar-refractivity contribution >= 4 is 11.8 Å². The second-order valence-electron chi connectivity index (χ2n) is 14.1. The fourth-order valence-corrected chi connectivity index (χ4v) is 8.77. The summed E-state index contributed by atoms with van der Waals surface area (Å²) in [5, 5.41) is 28.2. The molecule has 3 fully saturated rings. The SMILES string of the molecule is CCC(CC)/C(O)=C/[C@@H](O)C(CC)CC.[2H]C([2H])([2H])[C@@H]1CCC2[C@@H]3CC[CH-]C([C@H]4CC=C5SC[C@@H](C([2H])([2H])C(C)(C)C)C5[N-]4)=C3O[C@@H]2N1.[Ir]. The summed E-state index contributed by atoms with van der Waals surface area (Å²) in [6.45, 7) is 12.2. The number of hydrogen-bond donors (Lipinski definition) is 3. The van der Waals surface area contributed by atoms with Gasteiger partial charge < -0.3 is 20.3 Å². The molecule has 3 N–H and O–H groups in total. The van der Waals surface area contributed by atoms with Crippen LogP contribution in [0.5, 0.6) is 0 Å². The molecule has 7 heteroatoms. The Morgan fingerprint density at radius 3 is 2.57 bits per heavy atom. The summed E-state index contributed by atoms with van der Waals surface area (Å²) in [7, 11) is 0. The Bertz CT molecular complexity index is 1180. The maximum Gasteiger partial charge on any atom is 0.131 e. The van der Waals surface area contributed by atoms with Gasteiger partial charge in [-0.15, -0.1) is 30.3 Å². The van der Waals surface area contributed by atoms with Crippen LogP contribution in [0.2, 0.25) is 0 Å². The number of allylic oxidation sites excluding steroid dienone is 2. The standard InChI is InChI=1S/C24H36N2OS.C13H26O2.Ir/c1-14-8-9-17-16-6-5-7-18(22(16)27-23(17)25-14)19-10-11-20-21(26-19)15(13-28-20)12-24(2,3)4;1-5-10(6-2)12(14)9-13(15)11(7-3)8-4;/h7,11,14-17,19,21,23,25H,5-6,8-10,12-13H2,1-4H3;9-12,14-15H,5-8H2,1-4H3;/q-2;;/b;13-9-;/t14-,15-,16+,17?,19-,21?,23+;12-;/m11./s1/i1D3,12D2;;. The molecule has 255 valence electrons. The van der Waals surface area contributed by atoms with Crippen LogP contribution < -0.4 is 5.32 Å². The fraction of sp³-hybridized carbons (Fsp3) is 0.811. The van der Waals surface area contributed by atoms with Crippen molar-refractivity contribution in [3.05, 3.63) is 45.9 Å². The van der Waals surface area contributed by atoms with Crippen LogP contribution in [0, 0.1) is 41.4 Å². The number of fused-ring (bicyclic) bond motifs is 4. The topological polar surface area (TPSA) is 75.8 Å². The van der Waals surface area contributed by atoms with Gasteiger partial charge in [0.25, 0.3) is 0 Å². The molecule has 4 aliphatic heterocycles. The van der Waals surface area contributed by atoms with Crippen LogP contribution in [0.1, 0.15) is 126 Å². The van der Waals surface area contributed by atoms with Gasteiger partial charge in [0.1, 0.15) is 6.23 Å². The van der Waals surface area contributed by atoms with Crippen LogP contribution in [0.4, 0.5) is 0 Å². The van der Waals surface area contributed by atoms with E-state index in [0.29, 0.717) is 24.0 Å². The van der Waals surface area contributed by atoms with Crippen LogP contribution in [-0.2, 0) is 24.8 Å². The molecule has 0 aromatic heterocycles. The molecule has 4 heterocycles. The van der Waals surface area contributed by atoms with Gasteiger partial charge in [-0.05, 0) is 91.0 Å². The van der Waals surface area contributed by atoms with Gasteiger partial charge in [0, 0.05) is 44.8 Å². The number of ether oxygens (including phenoxy) is 1. The molecule has 5 nitrogen and oxygen atoms in total. The first-order valence-corrected chi connectivity index (χ1v) is 18.1. The first kappa shape index (κ1) is 30.9. The molecule has 5 rings (SSSR count). The number of hydrogen-bond acceptors (Lipinski definition) is 5. The van der Waals surface area contributed by atoms with Crippen LogP contribution in [0.15, 0.2) is 34.1 Å². The average Bonchev–Trinajstić information content (AvgIpc) is 3.63. The Morgan fingerprint density at radius 1 is 1.20 bits per heavy atom. The van der Waals surface area contributed by atoms with Gasteiger partial charge >= 0.3 is 0 Å². The van der Waals surface area contributed by atoms with Crippen molar-refractivity contribution in [2.75, 3.05) is 5.75 Å². The van der Waals surface area contributed by atoms with E-state index < -0.39 is 30.8 Å². The van der Waals surface area contributed by atoms with Crippen molar-refractivity contribution in [3.63, 3.8) is 0 Å². The second kappa shape index (κ2) is 17.1. The van der Waals surface area contributed by atoms with Crippen molar-refractivity contribution in [1.82, 2.24) is 5.32 Å². The summed E-state index contributed by atoms with van der Waals surface area (Å²) < 4.78 is 47.6. The molecule has 1 aliphatic carbocycles. The van der Waals surface area contributed by atoms with Crippen molar-refractivity contribution in [3.8, 4) is 0 Å². The third-order valence-electron chi connectivity index (χ3n) is 10.0. The molecule has 2 unspecified atom stereocenters. The van der Waals surface area contributed by atoms with Gasteiger partial charge in [-0.2, -0.15) is 5.57 Å². The van der Waals surface area contributed by atoms with E-state index in [1.54, 1.807) is 17.8 Å². The summed E-state index contributed by atoms with van der Waals surface area (Å²) in [5.41, 5.74) is 0.713. The molecule has 1 radical (unpaired) electrons. The summed E-state index contributed by atoms with van der Waals surface area (Å²) in [6, 6.07) is -0.605. The molecule has 0 spiro atoms. The molecule has 44 heavy (non-hydrogen) atoms. The third-order valence-corrected chi connectivity index (χ3v) is 11.3. The predicted molar refractivity (Wildman–Crippen MR) is 183 cm³/mol. The molecule has 0 bridgehead atoms. The summed E-state index contributed by atoms with van der Waals surface area (Å²) >= 11 is 1.77. The second-order valence-corrected chi connectivity index (χ2v) is 15.2. The number of nitrogens with one attached hydrogen (secondary N) is 1. The van der Waals surface area contributed by atoms with Gasteiger partial charge in [-0.25, -0.2) is 6.42 Å². The minimum atomic E-state index is -2.01. The van der Waals surface area contributed by atoms with Gasteiger partial charge in [0.05, 0.1) is 11.9 Å². The van der Waals surface area contributed by atoms with Crippen LogP contribution in [0.25, 0.3) is 5.32 Å².